The van der Waals surface area contributed by atoms with Gasteiger partial charge in [-0.25, -0.2) is 8.42 Å². The predicted molar refractivity (Wildman–Crippen MR) is 75.5 cm³/mol. The van der Waals surface area contributed by atoms with Crippen molar-refractivity contribution in [3.05, 3.63) is 47.7 Å². The summed E-state index contributed by atoms with van der Waals surface area (Å²) in [6.45, 7) is 0. The highest BCUT2D eigenvalue weighted by Crippen LogP contribution is 2.15. The van der Waals surface area contributed by atoms with Crippen molar-refractivity contribution in [2.24, 2.45) is 7.05 Å². The number of aromatic nitrogens is 2. The standard InChI is InChI=1S/C13H14N4O2S/c1-17-13(12(9-14)10-15-17)16-20(18,19)8-7-11-5-3-2-4-6-11/h2-6,10,16H,7-8H2,1H3. The quantitative estimate of drug-likeness (QED) is 0.898. The van der Waals surface area contributed by atoms with Crippen molar-refractivity contribution in [3.8, 4) is 6.07 Å². The second-order valence-electron chi connectivity index (χ2n) is 4.30. The average Bonchev–Trinajstić information content (AvgIpc) is 2.78. The van der Waals surface area contributed by atoms with E-state index in [-0.39, 0.29) is 17.1 Å². The van der Waals surface area contributed by atoms with E-state index in [0.717, 1.165) is 5.56 Å². The molecule has 0 radical (unpaired) electrons. The lowest BCUT2D eigenvalue weighted by Crippen LogP contribution is -2.20. The van der Waals surface area contributed by atoms with E-state index in [4.69, 9.17) is 5.26 Å². The number of hydrogen-bond donors (Lipinski definition) is 1. The van der Waals surface area contributed by atoms with E-state index in [1.54, 1.807) is 7.05 Å². The van der Waals surface area contributed by atoms with E-state index in [2.05, 4.69) is 9.82 Å². The molecular weight excluding hydrogens is 276 g/mol. The first-order chi connectivity index (χ1) is 9.52. The molecule has 1 aromatic heterocycles. The molecule has 0 fully saturated rings. The molecule has 1 heterocycles. The van der Waals surface area contributed by atoms with Crippen molar-refractivity contribution >= 4 is 15.8 Å². The van der Waals surface area contributed by atoms with Crippen LogP contribution in [0.5, 0.6) is 0 Å². The Morgan fingerprint density at radius 2 is 2.05 bits per heavy atom. The molecule has 0 saturated heterocycles. The molecule has 0 atom stereocenters. The monoisotopic (exact) mass is 290 g/mol. The summed E-state index contributed by atoms with van der Waals surface area (Å²) in [5.74, 6) is 0.146. The molecule has 0 aliphatic rings. The molecule has 6 nitrogen and oxygen atoms in total. The van der Waals surface area contributed by atoms with Gasteiger partial charge in [-0.3, -0.25) is 9.40 Å². The number of aryl methyl sites for hydroxylation is 2. The van der Waals surface area contributed by atoms with Crippen LogP contribution >= 0.6 is 0 Å². The number of nitrogens with one attached hydrogen (secondary N) is 1. The van der Waals surface area contributed by atoms with Gasteiger partial charge >= 0.3 is 0 Å². The van der Waals surface area contributed by atoms with Crippen molar-refractivity contribution in [2.45, 2.75) is 6.42 Å². The molecule has 7 heteroatoms. The van der Waals surface area contributed by atoms with Gasteiger partial charge in [0.2, 0.25) is 10.0 Å². The van der Waals surface area contributed by atoms with Crippen LogP contribution in [0.3, 0.4) is 0 Å². The third kappa shape index (κ3) is 3.36. The largest absolute Gasteiger partial charge is 0.266 e. The van der Waals surface area contributed by atoms with Crippen molar-refractivity contribution in [3.63, 3.8) is 0 Å². The van der Waals surface area contributed by atoms with Gasteiger partial charge in [0.1, 0.15) is 11.6 Å². The molecule has 2 rings (SSSR count). The van der Waals surface area contributed by atoms with Crippen LogP contribution < -0.4 is 4.72 Å². The molecule has 20 heavy (non-hydrogen) atoms. The minimum atomic E-state index is -3.52. The zero-order valence-electron chi connectivity index (χ0n) is 10.9. The van der Waals surface area contributed by atoms with Gasteiger partial charge in [-0.2, -0.15) is 10.4 Å². The first-order valence-electron chi connectivity index (χ1n) is 5.98. The van der Waals surface area contributed by atoms with Gasteiger partial charge in [-0.15, -0.1) is 0 Å². The Bertz CT molecular complexity index is 729. The third-order valence-corrected chi connectivity index (χ3v) is 4.06. The first-order valence-corrected chi connectivity index (χ1v) is 7.63. The highest BCUT2D eigenvalue weighted by Gasteiger charge is 2.16. The van der Waals surface area contributed by atoms with Crippen LogP contribution in [0.1, 0.15) is 11.1 Å². The van der Waals surface area contributed by atoms with Gasteiger partial charge in [0, 0.05) is 7.05 Å². The number of nitrogens with zero attached hydrogens (tertiary/aromatic N) is 3. The molecule has 0 unspecified atom stereocenters. The lowest BCUT2D eigenvalue weighted by molar-refractivity contribution is 0.599. The number of hydrogen-bond acceptors (Lipinski definition) is 4. The molecule has 0 aliphatic carbocycles. The Hall–Kier alpha value is -2.33. The topological polar surface area (TPSA) is 87.8 Å². The first kappa shape index (κ1) is 14.1. The molecule has 0 bridgehead atoms. The normalized spacial score (nSPS) is 11.0. The lowest BCUT2D eigenvalue weighted by atomic mass is 10.2. The predicted octanol–water partition coefficient (Wildman–Crippen LogP) is 1.28. The third-order valence-electron chi connectivity index (χ3n) is 2.81. The number of benzene rings is 1. The van der Waals surface area contributed by atoms with Gasteiger partial charge in [-0.05, 0) is 12.0 Å². The summed E-state index contributed by atoms with van der Waals surface area (Å²) in [7, 11) is -1.94. The van der Waals surface area contributed by atoms with Crippen molar-refractivity contribution in [1.82, 2.24) is 9.78 Å². The maximum absolute atomic E-state index is 12.0. The molecule has 0 amide bonds. The summed E-state index contributed by atoms with van der Waals surface area (Å²) in [6.07, 6.45) is 1.74. The Morgan fingerprint density at radius 1 is 1.35 bits per heavy atom. The van der Waals surface area contributed by atoms with Crippen molar-refractivity contribution in [2.75, 3.05) is 10.5 Å². The van der Waals surface area contributed by atoms with Crippen LogP contribution in [-0.2, 0) is 23.5 Å². The molecule has 0 saturated carbocycles. The maximum Gasteiger partial charge on any atom is 0.234 e. The number of anilines is 1. The summed E-state index contributed by atoms with van der Waals surface area (Å²) in [6, 6.07) is 11.3. The SMILES string of the molecule is Cn1ncc(C#N)c1NS(=O)(=O)CCc1ccccc1. The van der Waals surface area contributed by atoms with E-state index < -0.39 is 10.0 Å². The highest BCUT2D eigenvalue weighted by molar-refractivity contribution is 7.92. The Balaban J connectivity index is 2.08. The summed E-state index contributed by atoms with van der Waals surface area (Å²) in [5, 5.41) is 12.8. The molecule has 0 aliphatic heterocycles. The van der Waals surface area contributed by atoms with Crippen LogP contribution in [0.4, 0.5) is 5.82 Å². The van der Waals surface area contributed by atoms with E-state index >= 15 is 0 Å². The van der Waals surface area contributed by atoms with Crippen LogP contribution in [-0.4, -0.2) is 24.0 Å². The Kier molecular flexibility index (Phi) is 4.05. The summed E-state index contributed by atoms with van der Waals surface area (Å²) in [5.41, 5.74) is 1.15. The number of nitriles is 1. The fraction of sp³-hybridized carbons (Fsp3) is 0.231. The Morgan fingerprint density at radius 3 is 2.70 bits per heavy atom. The van der Waals surface area contributed by atoms with Gasteiger partial charge in [0.25, 0.3) is 0 Å². The van der Waals surface area contributed by atoms with Crippen LogP contribution in [0.2, 0.25) is 0 Å². The van der Waals surface area contributed by atoms with E-state index in [1.165, 1.54) is 10.9 Å². The second-order valence-corrected chi connectivity index (χ2v) is 6.14. The van der Waals surface area contributed by atoms with Gasteiger partial charge in [0.05, 0.1) is 11.9 Å². The van der Waals surface area contributed by atoms with E-state index in [9.17, 15) is 8.42 Å². The minimum Gasteiger partial charge on any atom is -0.266 e. The molecule has 104 valence electrons. The van der Waals surface area contributed by atoms with Gasteiger partial charge in [0.15, 0.2) is 5.82 Å². The zero-order valence-corrected chi connectivity index (χ0v) is 11.8. The number of rotatable bonds is 5. The number of sulfonamides is 1. The zero-order chi connectivity index (χ0) is 14.6. The van der Waals surface area contributed by atoms with E-state index in [0.29, 0.717) is 6.42 Å². The highest BCUT2D eigenvalue weighted by atomic mass is 32.2. The maximum atomic E-state index is 12.0. The second kappa shape index (κ2) is 5.75. The van der Waals surface area contributed by atoms with Crippen molar-refractivity contribution in [1.29, 1.82) is 5.26 Å². The van der Waals surface area contributed by atoms with Gasteiger partial charge < -0.3 is 0 Å². The van der Waals surface area contributed by atoms with E-state index in [1.807, 2.05) is 36.4 Å². The molecule has 0 spiro atoms. The molecule has 1 aromatic carbocycles. The minimum absolute atomic E-state index is 0.0485. The fourth-order valence-electron chi connectivity index (χ4n) is 1.74. The lowest BCUT2D eigenvalue weighted by Gasteiger charge is -2.08. The molecule has 1 N–H and O–H groups in total. The fourth-order valence-corrected chi connectivity index (χ4v) is 2.88. The summed E-state index contributed by atoms with van der Waals surface area (Å²) in [4.78, 5) is 0. The van der Waals surface area contributed by atoms with Crippen LogP contribution in [0, 0.1) is 11.3 Å². The average molecular weight is 290 g/mol. The van der Waals surface area contributed by atoms with Crippen LogP contribution in [0.25, 0.3) is 0 Å². The van der Waals surface area contributed by atoms with Crippen molar-refractivity contribution < 1.29 is 8.42 Å². The van der Waals surface area contributed by atoms with Gasteiger partial charge in [-0.1, -0.05) is 30.3 Å². The Labute approximate surface area is 117 Å². The molecule has 2 aromatic rings. The summed E-state index contributed by atoms with van der Waals surface area (Å²) >= 11 is 0. The molecular formula is C13H14N4O2S. The summed E-state index contributed by atoms with van der Waals surface area (Å²) < 4.78 is 27.8. The van der Waals surface area contributed by atoms with Crippen LogP contribution in [0.15, 0.2) is 36.5 Å². The smallest absolute Gasteiger partial charge is 0.234 e.